The molecule has 1 aromatic heterocycles. The van der Waals surface area contributed by atoms with E-state index in [-0.39, 0.29) is 11.5 Å². The Hall–Kier alpha value is -2.18. The van der Waals surface area contributed by atoms with E-state index in [0.29, 0.717) is 6.04 Å². The molecule has 3 nitrogen and oxygen atoms in total. The highest BCUT2D eigenvalue weighted by molar-refractivity contribution is 5.37. The van der Waals surface area contributed by atoms with Gasteiger partial charge in [0.2, 0.25) is 0 Å². The van der Waals surface area contributed by atoms with E-state index < -0.39 is 0 Å². The van der Waals surface area contributed by atoms with Crippen LogP contribution in [0.2, 0.25) is 0 Å². The average Bonchev–Trinajstić information content (AvgIpc) is 2.52. The van der Waals surface area contributed by atoms with Crippen molar-refractivity contribution in [2.45, 2.75) is 37.3 Å². The lowest BCUT2D eigenvalue weighted by molar-refractivity contribution is 0.213. The molecule has 1 aromatic carbocycles. The molecule has 1 atom stereocenters. The number of pyridine rings is 1. The van der Waals surface area contributed by atoms with Gasteiger partial charge in [-0.25, -0.2) is 0 Å². The lowest BCUT2D eigenvalue weighted by Gasteiger charge is -2.44. The van der Waals surface area contributed by atoms with Crippen LogP contribution in [0, 0.1) is 11.3 Å². The van der Waals surface area contributed by atoms with Gasteiger partial charge in [-0.05, 0) is 43.0 Å². The van der Waals surface area contributed by atoms with Gasteiger partial charge in [0.15, 0.2) is 0 Å². The van der Waals surface area contributed by atoms with E-state index in [1.807, 2.05) is 42.7 Å². The van der Waals surface area contributed by atoms with Crippen molar-refractivity contribution in [3.63, 3.8) is 0 Å². The van der Waals surface area contributed by atoms with Crippen LogP contribution < -0.4 is 5.32 Å². The molecular weight excluding hydrogens is 258 g/mol. The van der Waals surface area contributed by atoms with Crippen molar-refractivity contribution in [2.75, 3.05) is 0 Å². The average molecular weight is 277 g/mol. The zero-order chi connectivity index (χ0) is 14.7. The number of hydrogen-bond donors (Lipinski definition) is 1. The normalized spacial score (nSPS) is 25.6. The molecule has 2 aromatic rings. The quantitative estimate of drug-likeness (QED) is 0.932. The summed E-state index contributed by atoms with van der Waals surface area (Å²) >= 11 is 0. The first kappa shape index (κ1) is 13.8. The topological polar surface area (TPSA) is 48.7 Å². The summed E-state index contributed by atoms with van der Waals surface area (Å²) in [6, 6.07) is 17.4. The van der Waals surface area contributed by atoms with Gasteiger partial charge in [-0.2, -0.15) is 5.26 Å². The molecule has 1 saturated carbocycles. The van der Waals surface area contributed by atoms with Crippen molar-refractivity contribution in [2.24, 2.45) is 0 Å². The first-order valence-electron chi connectivity index (χ1n) is 7.36. The van der Waals surface area contributed by atoms with Crippen LogP contribution in [0.25, 0.3) is 0 Å². The molecule has 0 amide bonds. The lowest BCUT2D eigenvalue weighted by atomic mass is 9.62. The number of aromatic nitrogens is 1. The molecule has 0 unspecified atom stereocenters. The van der Waals surface area contributed by atoms with Gasteiger partial charge >= 0.3 is 0 Å². The predicted octanol–water partition coefficient (Wildman–Crippen LogP) is 3.36. The predicted molar refractivity (Wildman–Crippen MR) is 82.5 cm³/mol. The molecule has 21 heavy (non-hydrogen) atoms. The molecule has 1 N–H and O–H groups in total. The molecule has 0 spiro atoms. The molecule has 106 valence electrons. The van der Waals surface area contributed by atoms with Crippen LogP contribution in [-0.2, 0) is 5.41 Å². The number of nitriles is 1. The first-order chi connectivity index (χ1) is 10.2. The van der Waals surface area contributed by atoms with E-state index in [2.05, 4.69) is 35.4 Å². The van der Waals surface area contributed by atoms with Gasteiger partial charge in [-0.1, -0.05) is 30.3 Å². The highest BCUT2D eigenvalue weighted by Gasteiger charge is 2.46. The van der Waals surface area contributed by atoms with Crippen molar-refractivity contribution in [1.29, 1.82) is 5.26 Å². The van der Waals surface area contributed by atoms with Gasteiger partial charge in [0, 0.05) is 24.5 Å². The van der Waals surface area contributed by atoms with Crippen LogP contribution >= 0.6 is 0 Å². The minimum absolute atomic E-state index is 0.283. The second kappa shape index (κ2) is 5.67. The van der Waals surface area contributed by atoms with Gasteiger partial charge in [0.05, 0.1) is 11.5 Å². The van der Waals surface area contributed by atoms with Crippen molar-refractivity contribution in [1.82, 2.24) is 10.3 Å². The summed E-state index contributed by atoms with van der Waals surface area (Å²) in [5.74, 6) is 0. The van der Waals surface area contributed by atoms with Crippen molar-refractivity contribution >= 4 is 0 Å². The van der Waals surface area contributed by atoms with Crippen LogP contribution in [0.4, 0.5) is 0 Å². The smallest absolute Gasteiger partial charge is 0.0852 e. The Kier molecular flexibility index (Phi) is 3.72. The summed E-state index contributed by atoms with van der Waals surface area (Å²) in [6.45, 7) is 2.16. The van der Waals surface area contributed by atoms with E-state index in [0.717, 1.165) is 18.4 Å². The van der Waals surface area contributed by atoms with E-state index >= 15 is 0 Å². The number of rotatable bonds is 4. The fraction of sp³-hybridized carbons (Fsp3) is 0.333. The third-order valence-corrected chi connectivity index (χ3v) is 4.42. The first-order valence-corrected chi connectivity index (χ1v) is 7.36. The molecule has 1 fully saturated rings. The minimum Gasteiger partial charge on any atom is -0.307 e. The van der Waals surface area contributed by atoms with Gasteiger partial charge in [0.1, 0.15) is 0 Å². The Bertz CT molecular complexity index is 625. The van der Waals surface area contributed by atoms with Crippen LogP contribution in [0.15, 0.2) is 54.9 Å². The maximum Gasteiger partial charge on any atom is 0.0852 e. The minimum atomic E-state index is -0.309. The van der Waals surface area contributed by atoms with Crippen LogP contribution in [0.1, 0.15) is 36.9 Å². The highest BCUT2D eigenvalue weighted by atomic mass is 15.0. The SMILES string of the molecule is C[C@@H](NC1CC(C#N)(c2ccccc2)C1)c1ccncc1. The summed E-state index contributed by atoms with van der Waals surface area (Å²) in [4.78, 5) is 4.05. The van der Waals surface area contributed by atoms with Crippen molar-refractivity contribution in [3.8, 4) is 6.07 Å². The number of nitrogens with zero attached hydrogens (tertiary/aromatic N) is 2. The van der Waals surface area contributed by atoms with Crippen LogP contribution in [-0.4, -0.2) is 11.0 Å². The summed E-state index contributed by atoms with van der Waals surface area (Å²) < 4.78 is 0. The second-order valence-corrected chi connectivity index (χ2v) is 5.83. The van der Waals surface area contributed by atoms with Crippen LogP contribution in [0.5, 0.6) is 0 Å². The molecular formula is C18H19N3. The standard InChI is InChI=1S/C18H19N3/c1-14(15-7-9-20-10-8-15)21-17-11-18(12-17,13-19)16-5-3-2-4-6-16/h2-10,14,17,21H,11-12H2,1H3/t14-,17?,18?/m1/s1. The maximum atomic E-state index is 9.57. The fourth-order valence-corrected chi connectivity index (χ4v) is 3.15. The number of benzene rings is 1. The molecule has 3 rings (SSSR count). The largest absolute Gasteiger partial charge is 0.307 e. The molecule has 1 aliphatic rings. The van der Waals surface area contributed by atoms with Crippen LogP contribution in [0.3, 0.4) is 0 Å². The van der Waals surface area contributed by atoms with E-state index in [4.69, 9.17) is 0 Å². The zero-order valence-electron chi connectivity index (χ0n) is 12.2. The molecule has 1 aliphatic carbocycles. The van der Waals surface area contributed by atoms with E-state index in [9.17, 15) is 5.26 Å². The molecule has 1 heterocycles. The van der Waals surface area contributed by atoms with Gasteiger partial charge in [-0.3, -0.25) is 4.98 Å². The number of nitrogens with one attached hydrogen (secondary N) is 1. The van der Waals surface area contributed by atoms with Gasteiger partial charge < -0.3 is 5.32 Å². The molecule has 0 radical (unpaired) electrons. The van der Waals surface area contributed by atoms with Crippen molar-refractivity contribution < 1.29 is 0 Å². The third-order valence-electron chi connectivity index (χ3n) is 4.42. The summed E-state index contributed by atoms with van der Waals surface area (Å²) in [5.41, 5.74) is 2.07. The Labute approximate surface area is 125 Å². The monoisotopic (exact) mass is 277 g/mol. The Morgan fingerprint density at radius 1 is 1.19 bits per heavy atom. The Morgan fingerprint density at radius 2 is 1.86 bits per heavy atom. The highest BCUT2D eigenvalue weighted by Crippen LogP contribution is 2.44. The molecule has 0 bridgehead atoms. The summed E-state index contributed by atoms with van der Waals surface area (Å²) in [5, 5.41) is 13.2. The summed E-state index contributed by atoms with van der Waals surface area (Å²) in [6.07, 6.45) is 5.39. The Balaban J connectivity index is 1.64. The fourth-order valence-electron chi connectivity index (χ4n) is 3.15. The maximum absolute atomic E-state index is 9.57. The van der Waals surface area contributed by atoms with Crippen molar-refractivity contribution in [3.05, 3.63) is 66.0 Å². The summed E-state index contributed by atoms with van der Waals surface area (Å²) in [7, 11) is 0. The van der Waals surface area contributed by atoms with Gasteiger partial charge in [-0.15, -0.1) is 0 Å². The van der Waals surface area contributed by atoms with E-state index in [1.54, 1.807) is 0 Å². The third kappa shape index (κ3) is 2.68. The number of hydrogen-bond acceptors (Lipinski definition) is 3. The Morgan fingerprint density at radius 3 is 2.48 bits per heavy atom. The zero-order valence-corrected chi connectivity index (χ0v) is 12.2. The lowest BCUT2D eigenvalue weighted by Crippen LogP contribution is -2.51. The van der Waals surface area contributed by atoms with E-state index in [1.165, 1.54) is 5.56 Å². The molecule has 0 aliphatic heterocycles. The molecule has 0 saturated heterocycles. The van der Waals surface area contributed by atoms with Gasteiger partial charge in [0.25, 0.3) is 0 Å². The second-order valence-electron chi connectivity index (χ2n) is 5.83. The molecule has 3 heteroatoms.